The zero-order valence-corrected chi connectivity index (χ0v) is 21.3. The van der Waals surface area contributed by atoms with E-state index < -0.39 is 10.8 Å². The van der Waals surface area contributed by atoms with Gasteiger partial charge in [-0.3, -0.25) is 4.57 Å². The molecule has 2 aromatic carbocycles. The monoisotopic (exact) mass is 506 g/mol. The van der Waals surface area contributed by atoms with Gasteiger partial charge in [-0.1, -0.05) is 18.2 Å². The summed E-state index contributed by atoms with van der Waals surface area (Å²) in [5.41, 5.74) is 2.14. The van der Waals surface area contributed by atoms with E-state index in [-0.39, 0.29) is 6.04 Å². The Morgan fingerprint density at radius 2 is 1.83 bits per heavy atom. The highest BCUT2D eigenvalue weighted by Gasteiger charge is 2.26. The molecule has 0 spiro atoms. The van der Waals surface area contributed by atoms with Crippen molar-refractivity contribution in [2.24, 2.45) is 0 Å². The molecule has 0 radical (unpaired) electrons. The number of ether oxygens (including phenoxy) is 2. The molecule has 1 atom stereocenters. The second-order valence-corrected chi connectivity index (χ2v) is 10.3. The fraction of sp³-hybridized carbons (Fsp3) is 0.346. The summed E-state index contributed by atoms with van der Waals surface area (Å²) >= 11 is 0. The van der Waals surface area contributed by atoms with Crippen LogP contribution in [0.2, 0.25) is 0 Å². The Bertz CT molecular complexity index is 1320. The first-order chi connectivity index (χ1) is 17.6. The molecule has 0 amide bonds. The van der Waals surface area contributed by atoms with E-state index in [0.717, 1.165) is 30.8 Å². The molecule has 5 rings (SSSR count). The lowest BCUT2D eigenvalue weighted by atomic mass is 10.1. The number of imidazole rings is 1. The van der Waals surface area contributed by atoms with E-state index in [0.29, 0.717) is 47.0 Å². The molecule has 188 valence electrons. The van der Waals surface area contributed by atoms with Crippen LogP contribution in [0.25, 0.3) is 11.2 Å². The van der Waals surface area contributed by atoms with Gasteiger partial charge in [-0.25, -0.2) is 14.2 Å². The third-order valence-electron chi connectivity index (χ3n) is 6.00. The van der Waals surface area contributed by atoms with Crippen molar-refractivity contribution < 1.29 is 13.7 Å². The van der Waals surface area contributed by atoms with Crippen molar-refractivity contribution in [2.45, 2.75) is 28.9 Å². The Morgan fingerprint density at radius 3 is 2.56 bits per heavy atom. The smallest absolute Gasteiger partial charge is 0.229 e. The van der Waals surface area contributed by atoms with Crippen LogP contribution in [-0.2, 0) is 15.5 Å². The first-order valence-electron chi connectivity index (χ1n) is 12.0. The lowest BCUT2D eigenvalue weighted by Gasteiger charge is -2.25. The standard InChI is InChI=1S/C26H30N6O3S/c1-31(2)14-17-35-21-10-8-19(9-11-21)28-25-27-18-23-24(30-25)32(20-12-15-34-16-13-20)26(29-23)36(33)22-6-4-3-5-7-22/h3-11,18,20H,12-17H2,1-2H3,(H,27,28,30). The van der Waals surface area contributed by atoms with Crippen molar-refractivity contribution >= 4 is 33.6 Å². The third-order valence-corrected chi connectivity index (χ3v) is 7.32. The minimum Gasteiger partial charge on any atom is -0.492 e. The van der Waals surface area contributed by atoms with Gasteiger partial charge in [0.2, 0.25) is 11.1 Å². The largest absolute Gasteiger partial charge is 0.492 e. The molecule has 0 bridgehead atoms. The summed E-state index contributed by atoms with van der Waals surface area (Å²) in [4.78, 5) is 16.8. The number of rotatable bonds is 9. The topological polar surface area (TPSA) is 94.4 Å². The highest BCUT2D eigenvalue weighted by Crippen LogP contribution is 2.31. The zero-order chi connectivity index (χ0) is 24.9. The van der Waals surface area contributed by atoms with Gasteiger partial charge in [0.1, 0.15) is 28.7 Å². The van der Waals surface area contributed by atoms with Crippen LogP contribution in [-0.4, -0.2) is 69.1 Å². The number of likely N-dealkylation sites (N-methyl/N-ethyl adjacent to an activating group) is 1. The van der Waals surface area contributed by atoms with E-state index in [1.165, 1.54) is 0 Å². The maximum atomic E-state index is 13.5. The van der Waals surface area contributed by atoms with Crippen molar-refractivity contribution in [1.29, 1.82) is 0 Å². The van der Waals surface area contributed by atoms with Crippen LogP contribution in [0.5, 0.6) is 5.75 Å². The molecule has 1 aliphatic heterocycles. The number of hydrogen-bond donors (Lipinski definition) is 1. The molecular weight excluding hydrogens is 476 g/mol. The van der Waals surface area contributed by atoms with Gasteiger partial charge >= 0.3 is 0 Å². The molecular formula is C26H30N6O3S. The molecule has 1 fully saturated rings. The molecule has 1 N–H and O–H groups in total. The molecule has 4 aromatic rings. The second-order valence-electron chi connectivity index (χ2n) is 8.89. The number of fused-ring (bicyclic) bond motifs is 1. The van der Waals surface area contributed by atoms with Gasteiger partial charge in [-0.15, -0.1) is 0 Å². The van der Waals surface area contributed by atoms with Gasteiger partial charge in [0.25, 0.3) is 0 Å². The maximum absolute atomic E-state index is 13.5. The number of nitrogens with one attached hydrogen (secondary N) is 1. The normalized spacial score (nSPS) is 15.3. The Balaban J connectivity index is 1.43. The first-order valence-corrected chi connectivity index (χ1v) is 13.2. The van der Waals surface area contributed by atoms with E-state index in [1.807, 2.05) is 73.3 Å². The Morgan fingerprint density at radius 1 is 1.08 bits per heavy atom. The summed E-state index contributed by atoms with van der Waals surface area (Å²) in [6, 6.07) is 17.2. The molecule has 36 heavy (non-hydrogen) atoms. The van der Waals surface area contributed by atoms with Gasteiger partial charge in [0.15, 0.2) is 5.65 Å². The predicted octanol–water partition coefficient (Wildman–Crippen LogP) is 4.03. The van der Waals surface area contributed by atoms with Crippen LogP contribution in [0.1, 0.15) is 18.9 Å². The summed E-state index contributed by atoms with van der Waals surface area (Å²) in [7, 11) is 2.59. The van der Waals surface area contributed by atoms with Gasteiger partial charge in [-0.2, -0.15) is 4.98 Å². The van der Waals surface area contributed by atoms with Crippen molar-refractivity contribution in [3.05, 3.63) is 60.8 Å². The van der Waals surface area contributed by atoms with Gasteiger partial charge in [0, 0.05) is 36.4 Å². The molecule has 0 saturated carbocycles. The Kier molecular flexibility index (Phi) is 7.55. The van der Waals surface area contributed by atoms with Crippen LogP contribution in [0.4, 0.5) is 11.6 Å². The zero-order valence-electron chi connectivity index (χ0n) is 20.5. The molecule has 1 saturated heterocycles. The number of nitrogens with zero attached hydrogens (tertiary/aromatic N) is 5. The van der Waals surface area contributed by atoms with E-state index >= 15 is 0 Å². The van der Waals surface area contributed by atoms with Gasteiger partial charge < -0.3 is 19.7 Å². The van der Waals surface area contributed by atoms with E-state index in [4.69, 9.17) is 19.4 Å². The molecule has 1 unspecified atom stereocenters. The average Bonchev–Trinajstić information content (AvgIpc) is 3.29. The van der Waals surface area contributed by atoms with Crippen molar-refractivity contribution in [3.63, 3.8) is 0 Å². The van der Waals surface area contributed by atoms with E-state index in [1.54, 1.807) is 6.20 Å². The minimum atomic E-state index is -1.44. The number of anilines is 2. The third kappa shape index (κ3) is 5.56. The van der Waals surface area contributed by atoms with Crippen LogP contribution in [0.3, 0.4) is 0 Å². The molecule has 0 aliphatic carbocycles. The minimum absolute atomic E-state index is 0.104. The maximum Gasteiger partial charge on any atom is 0.229 e. The highest BCUT2D eigenvalue weighted by molar-refractivity contribution is 7.85. The lowest BCUT2D eigenvalue weighted by Crippen LogP contribution is -2.22. The summed E-state index contributed by atoms with van der Waals surface area (Å²) in [5, 5.41) is 3.76. The second kappa shape index (κ2) is 11.2. The average molecular weight is 507 g/mol. The molecule has 2 aromatic heterocycles. The number of hydrogen-bond acceptors (Lipinski definition) is 8. The van der Waals surface area contributed by atoms with E-state index in [2.05, 4.69) is 15.2 Å². The van der Waals surface area contributed by atoms with Gasteiger partial charge in [-0.05, 0) is 63.3 Å². The van der Waals surface area contributed by atoms with Crippen LogP contribution in [0.15, 0.2) is 70.8 Å². The van der Waals surface area contributed by atoms with E-state index in [9.17, 15) is 4.21 Å². The number of benzene rings is 2. The number of aromatic nitrogens is 4. The highest BCUT2D eigenvalue weighted by atomic mass is 32.2. The molecule has 10 heteroatoms. The Labute approximate surface area is 212 Å². The summed E-state index contributed by atoms with van der Waals surface area (Å²) < 4.78 is 26.9. The predicted molar refractivity (Wildman–Crippen MR) is 139 cm³/mol. The summed E-state index contributed by atoms with van der Waals surface area (Å²) in [6.45, 7) is 2.79. The summed E-state index contributed by atoms with van der Waals surface area (Å²) in [6.07, 6.45) is 3.31. The van der Waals surface area contributed by atoms with Crippen LogP contribution >= 0.6 is 0 Å². The fourth-order valence-electron chi connectivity index (χ4n) is 4.09. The summed E-state index contributed by atoms with van der Waals surface area (Å²) in [5.74, 6) is 1.26. The Hall–Kier alpha value is -3.34. The van der Waals surface area contributed by atoms with Crippen LogP contribution in [0, 0.1) is 0 Å². The van der Waals surface area contributed by atoms with Crippen molar-refractivity contribution in [2.75, 3.05) is 45.8 Å². The van der Waals surface area contributed by atoms with Crippen molar-refractivity contribution in [1.82, 2.24) is 24.4 Å². The first kappa shape index (κ1) is 24.4. The fourth-order valence-corrected chi connectivity index (χ4v) is 5.30. The SMILES string of the molecule is CN(C)CCOc1ccc(Nc2ncc3nc(S(=O)c4ccccc4)n(C4CCOCC4)c3n2)cc1. The molecule has 9 nitrogen and oxygen atoms in total. The van der Waals surface area contributed by atoms with Gasteiger partial charge in [0.05, 0.1) is 6.20 Å². The molecule has 1 aliphatic rings. The van der Waals surface area contributed by atoms with Crippen LogP contribution < -0.4 is 10.1 Å². The quantitative estimate of drug-likeness (QED) is 0.364. The molecule has 3 heterocycles. The lowest BCUT2D eigenvalue weighted by molar-refractivity contribution is 0.0682. The van der Waals surface area contributed by atoms with Crippen molar-refractivity contribution in [3.8, 4) is 5.75 Å².